The van der Waals surface area contributed by atoms with Gasteiger partial charge in [0.1, 0.15) is 0 Å². The van der Waals surface area contributed by atoms with Crippen molar-refractivity contribution in [1.82, 2.24) is 9.88 Å². The third-order valence-electron chi connectivity index (χ3n) is 5.05. The summed E-state index contributed by atoms with van der Waals surface area (Å²) in [6.07, 6.45) is 2.57. The molecule has 0 spiro atoms. The first-order valence-electron chi connectivity index (χ1n) is 9.31. The quantitative estimate of drug-likeness (QED) is 0.812. The number of carbonyl (C=O) groups excluding carboxylic acids is 1. The number of aromatic nitrogens is 1. The van der Waals surface area contributed by atoms with Gasteiger partial charge in [0.25, 0.3) is 0 Å². The monoisotopic (exact) mass is 372 g/mol. The van der Waals surface area contributed by atoms with Crippen LogP contribution in [-0.2, 0) is 11.3 Å². The van der Waals surface area contributed by atoms with E-state index in [9.17, 15) is 4.79 Å². The molecular weight excluding hydrogens is 344 g/mol. The van der Waals surface area contributed by atoms with Gasteiger partial charge < -0.3 is 11.1 Å². The van der Waals surface area contributed by atoms with Gasteiger partial charge in [0.15, 0.2) is 5.13 Å². The first kappa shape index (κ1) is 19.0. The Morgan fingerprint density at radius 1 is 1.42 bits per heavy atom. The molecule has 2 heterocycles. The number of hydrogen-bond acceptors (Lipinski definition) is 5. The Balaban J connectivity index is 1.55. The molecule has 0 aliphatic carbocycles. The smallest absolute Gasteiger partial charge is 0.230 e. The molecule has 26 heavy (non-hydrogen) atoms. The lowest BCUT2D eigenvalue weighted by molar-refractivity contribution is -0.120. The van der Waals surface area contributed by atoms with E-state index in [2.05, 4.69) is 22.1 Å². The topological polar surface area (TPSA) is 71.2 Å². The van der Waals surface area contributed by atoms with E-state index in [4.69, 9.17) is 5.73 Å². The minimum absolute atomic E-state index is 0.0890. The van der Waals surface area contributed by atoms with Crippen molar-refractivity contribution in [3.63, 3.8) is 0 Å². The highest BCUT2D eigenvalue weighted by molar-refractivity contribution is 7.13. The van der Waals surface area contributed by atoms with Gasteiger partial charge in [-0.2, -0.15) is 0 Å². The molecule has 0 saturated carbocycles. The summed E-state index contributed by atoms with van der Waals surface area (Å²) in [6.45, 7) is 7.28. The minimum atomic E-state index is -0.328. The molecular formula is C20H28N4OS. The van der Waals surface area contributed by atoms with Gasteiger partial charge in [-0.05, 0) is 30.9 Å². The van der Waals surface area contributed by atoms with Gasteiger partial charge in [-0.25, -0.2) is 4.98 Å². The van der Waals surface area contributed by atoms with E-state index >= 15 is 0 Å². The Morgan fingerprint density at radius 2 is 2.19 bits per heavy atom. The number of benzene rings is 1. The van der Waals surface area contributed by atoms with E-state index in [1.54, 1.807) is 0 Å². The Morgan fingerprint density at radius 3 is 2.92 bits per heavy atom. The second-order valence-electron chi connectivity index (χ2n) is 7.34. The van der Waals surface area contributed by atoms with Crippen LogP contribution in [0, 0.1) is 11.8 Å². The summed E-state index contributed by atoms with van der Waals surface area (Å²) in [6, 6.07) is 9.40. The van der Waals surface area contributed by atoms with E-state index in [0.717, 1.165) is 36.8 Å². The summed E-state index contributed by atoms with van der Waals surface area (Å²) in [5.74, 6) is 0.337. The normalized spacial score (nSPS) is 20.5. The number of anilines is 1. The van der Waals surface area contributed by atoms with Crippen molar-refractivity contribution >= 4 is 22.4 Å². The van der Waals surface area contributed by atoms with Crippen LogP contribution in [0.2, 0.25) is 0 Å². The Hall–Kier alpha value is -1.76. The minimum Gasteiger partial charge on any atom is -0.323 e. The molecule has 140 valence electrons. The van der Waals surface area contributed by atoms with Crippen molar-refractivity contribution in [2.24, 2.45) is 17.6 Å². The number of rotatable bonds is 6. The van der Waals surface area contributed by atoms with Crippen molar-refractivity contribution < 1.29 is 4.79 Å². The Labute approximate surface area is 159 Å². The van der Waals surface area contributed by atoms with Gasteiger partial charge in [0, 0.05) is 24.5 Å². The molecule has 1 aliphatic heterocycles. The Kier molecular flexibility index (Phi) is 6.40. The molecule has 1 aromatic heterocycles. The SMILES string of the molecule is CC1CCCN(Cc2csc(NC(=O)C(C)C(N)c3ccccc3)n2)C1. The number of amides is 1. The van der Waals surface area contributed by atoms with Crippen molar-refractivity contribution in [3.05, 3.63) is 47.0 Å². The molecule has 1 saturated heterocycles. The second kappa shape index (κ2) is 8.75. The molecule has 1 amide bonds. The molecule has 3 unspecified atom stereocenters. The number of carbonyl (C=O) groups is 1. The van der Waals surface area contributed by atoms with Crippen LogP contribution in [0.4, 0.5) is 5.13 Å². The summed E-state index contributed by atoms with van der Waals surface area (Å²) >= 11 is 1.48. The Bertz CT molecular complexity index is 718. The van der Waals surface area contributed by atoms with Crippen molar-refractivity contribution in [2.75, 3.05) is 18.4 Å². The van der Waals surface area contributed by atoms with E-state index in [1.807, 2.05) is 42.6 Å². The third kappa shape index (κ3) is 4.90. The lowest BCUT2D eigenvalue weighted by Crippen LogP contribution is -2.33. The van der Waals surface area contributed by atoms with Crippen LogP contribution in [0.5, 0.6) is 0 Å². The van der Waals surface area contributed by atoms with E-state index in [0.29, 0.717) is 5.13 Å². The van der Waals surface area contributed by atoms with Gasteiger partial charge in [0.2, 0.25) is 5.91 Å². The van der Waals surface area contributed by atoms with E-state index < -0.39 is 0 Å². The molecule has 6 heteroatoms. The highest BCUT2D eigenvalue weighted by atomic mass is 32.1. The summed E-state index contributed by atoms with van der Waals surface area (Å²) in [7, 11) is 0. The highest BCUT2D eigenvalue weighted by Gasteiger charge is 2.23. The fraction of sp³-hybridized carbons (Fsp3) is 0.500. The molecule has 3 N–H and O–H groups in total. The summed E-state index contributed by atoms with van der Waals surface area (Å²) in [4.78, 5) is 19.6. The molecule has 1 aliphatic rings. The van der Waals surface area contributed by atoms with Crippen LogP contribution in [-0.4, -0.2) is 28.9 Å². The zero-order valence-corrected chi connectivity index (χ0v) is 16.3. The van der Waals surface area contributed by atoms with Crippen LogP contribution < -0.4 is 11.1 Å². The summed E-state index contributed by atoms with van der Waals surface area (Å²) in [5, 5.41) is 5.62. The van der Waals surface area contributed by atoms with Gasteiger partial charge in [-0.3, -0.25) is 9.69 Å². The zero-order valence-electron chi connectivity index (χ0n) is 15.5. The number of nitrogens with zero attached hydrogens (tertiary/aromatic N) is 2. The van der Waals surface area contributed by atoms with Gasteiger partial charge in [-0.15, -0.1) is 11.3 Å². The fourth-order valence-electron chi connectivity index (χ4n) is 3.44. The molecule has 5 nitrogen and oxygen atoms in total. The lowest BCUT2D eigenvalue weighted by Gasteiger charge is -2.30. The number of nitrogens with one attached hydrogen (secondary N) is 1. The maximum absolute atomic E-state index is 12.5. The average Bonchev–Trinajstić information content (AvgIpc) is 3.08. The predicted octanol–water partition coefficient (Wildman–Crippen LogP) is 3.65. The first-order valence-corrected chi connectivity index (χ1v) is 10.2. The standard InChI is InChI=1S/C20H28N4OS/c1-14-7-6-10-24(11-14)12-17-13-26-20(22-17)23-19(25)15(2)18(21)16-8-4-3-5-9-16/h3-5,8-9,13-15,18H,6-7,10-12,21H2,1-2H3,(H,22,23,25). The predicted molar refractivity (Wildman–Crippen MR) is 107 cm³/mol. The fourth-order valence-corrected chi connectivity index (χ4v) is 4.15. The number of thiazole rings is 1. The maximum atomic E-state index is 12.5. The first-order chi connectivity index (χ1) is 12.5. The van der Waals surface area contributed by atoms with Gasteiger partial charge in [-0.1, -0.05) is 44.2 Å². The van der Waals surface area contributed by atoms with E-state index in [-0.39, 0.29) is 17.9 Å². The molecule has 2 aromatic rings. The van der Waals surface area contributed by atoms with Crippen LogP contribution in [0.25, 0.3) is 0 Å². The number of likely N-dealkylation sites (tertiary alicyclic amines) is 1. The van der Waals surface area contributed by atoms with Crippen LogP contribution in [0.3, 0.4) is 0 Å². The van der Waals surface area contributed by atoms with Crippen LogP contribution in [0.15, 0.2) is 35.7 Å². The number of nitrogens with two attached hydrogens (primary N) is 1. The van der Waals surface area contributed by atoms with Crippen molar-refractivity contribution in [1.29, 1.82) is 0 Å². The van der Waals surface area contributed by atoms with Gasteiger partial charge >= 0.3 is 0 Å². The summed E-state index contributed by atoms with van der Waals surface area (Å²) < 4.78 is 0. The maximum Gasteiger partial charge on any atom is 0.230 e. The zero-order chi connectivity index (χ0) is 18.5. The van der Waals surface area contributed by atoms with Crippen LogP contribution >= 0.6 is 11.3 Å². The molecule has 1 aromatic carbocycles. The average molecular weight is 373 g/mol. The highest BCUT2D eigenvalue weighted by Crippen LogP contribution is 2.24. The molecule has 3 atom stereocenters. The number of piperidine rings is 1. The largest absolute Gasteiger partial charge is 0.323 e. The lowest BCUT2D eigenvalue weighted by atomic mass is 9.95. The second-order valence-corrected chi connectivity index (χ2v) is 8.20. The van der Waals surface area contributed by atoms with Crippen molar-refractivity contribution in [3.8, 4) is 0 Å². The van der Waals surface area contributed by atoms with Gasteiger partial charge in [0.05, 0.1) is 11.6 Å². The molecule has 0 radical (unpaired) electrons. The molecule has 3 rings (SSSR count). The van der Waals surface area contributed by atoms with Crippen LogP contribution in [0.1, 0.15) is 44.0 Å². The number of hydrogen-bond donors (Lipinski definition) is 2. The van der Waals surface area contributed by atoms with Crippen molar-refractivity contribution in [2.45, 2.75) is 39.3 Å². The van der Waals surface area contributed by atoms with E-state index in [1.165, 1.54) is 24.2 Å². The molecule has 1 fully saturated rings. The summed E-state index contributed by atoms with van der Waals surface area (Å²) in [5.41, 5.74) is 8.24. The third-order valence-corrected chi connectivity index (χ3v) is 5.85. The molecule has 0 bridgehead atoms.